The number of hydrogen-bond acceptors (Lipinski definition) is 5. The van der Waals surface area contributed by atoms with Crippen molar-refractivity contribution in [3.63, 3.8) is 0 Å². The maximum atomic E-state index is 13.1. The number of benzene rings is 2. The zero-order chi connectivity index (χ0) is 19.5. The number of hydrogen-bond donors (Lipinski definition) is 1. The fraction of sp³-hybridized carbons (Fsp3) is 0.136. The van der Waals surface area contributed by atoms with Crippen molar-refractivity contribution in [1.82, 2.24) is 14.5 Å². The summed E-state index contributed by atoms with van der Waals surface area (Å²) in [5, 5.41) is 3.83. The molecule has 0 bridgehead atoms. The molecule has 4 aromatic rings. The Kier molecular flexibility index (Phi) is 4.76. The molecule has 1 unspecified atom stereocenters. The van der Waals surface area contributed by atoms with Crippen LogP contribution in [-0.4, -0.2) is 27.5 Å². The third-order valence-electron chi connectivity index (χ3n) is 4.66. The van der Waals surface area contributed by atoms with E-state index >= 15 is 0 Å². The van der Waals surface area contributed by atoms with Gasteiger partial charge in [-0.05, 0) is 42.8 Å². The molecule has 28 heavy (non-hydrogen) atoms. The third-order valence-corrected chi connectivity index (χ3v) is 4.66. The van der Waals surface area contributed by atoms with Gasteiger partial charge in [0, 0.05) is 13.2 Å². The fourth-order valence-electron chi connectivity index (χ4n) is 3.15. The molecule has 0 aliphatic heterocycles. The largest absolute Gasteiger partial charge is 0.457 e. The van der Waals surface area contributed by atoms with E-state index in [4.69, 9.17) is 4.74 Å². The first-order chi connectivity index (χ1) is 13.7. The molecule has 0 saturated carbocycles. The molecule has 4 rings (SSSR count). The Hall–Kier alpha value is -3.67. The van der Waals surface area contributed by atoms with E-state index < -0.39 is 0 Å². The van der Waals surface area contributed by atoms with E-state index in [2.05, 4.69) is 15.3 Å². The van der Waals surface area contributed by atoms with Crippen molar-refractivity contribution in [1.29, 1.82) is 0 Å². The van der Waals surface area contributed by atoms with Gasteiger partial charge in [0.2, 0.25) is 5.91 Å². The van der Waals surface area contributed by atoms with Gasteiger partial charge in [-0.1, -0.05) is 30.3 Å². The third kappa shape index (κ3) is 3.32. The molecule has 0 aliphatic rings. The number of fused-ring (bicyclic) bond motifs is 1. The number of nitrogens with one attached hydrogen (secondary N) is 1. The standard InChI is InChI=1S/C22H20N4O2/c1-15(16-7-6-10-18(13-16)28-17-8-4-3-5-9-17)22(27)26-12-11-19-20(23-2)24-14-25-21(19)26/h3-15H,1-2H3,(H,23,24,25). The molecular formula is C22H20N4O2. The second-order valence-electron chi connectivity index (χ2n) is 6.44. The van der Waals surface area contributed by atoms with Crippen molar-refractivity contribution in [3.05, 3.63) is 78.8 Å². The maximum Gasteiger partial charge on any atom is 0.239 e. The van der Waals surface area contributed by atoms with Crippen LogP contribution in [0.3, 0.4) is 0 Å². The minimum atomic E-state index is -0.358. The minimum Gasteiger partial charge on any atom is -0.457 e. The summed E-state index contributed by atoms with van der Waals surface area (Å²) in [5.41, 5.74) is 1.47. The SMILES string of the molecule is CNc1ncnc2c1ccn2C(=O)C(C)c1cccc(Oc2ccccc2)c1. The van der Waals surface area contributed by atoms with Gasteiger partial charge in [0.05, 0.1) is 11.3 Å². The van der Waals surface area contributed by atoms with E-state index in [1.807, 2.05) is 67.6 Å². The highest BCUT2D eigenvalue weighted by Crippen LogP contribution is 2.28. The summed E-state index contributed by atoms with van der Waals surface area (Å²) in [4.78, 5) is 21.6. The number of para-hydroxylation sites is 1. The fourth-order valence-corrected chi connectivity index (χ4v) is 3.15. The predicted octanol–water partition coefficient (Wildman–Crippen LogP) is 4.71. The summed E-state index contributed by atoms with van der Waals surface area (Å²) in [6.45, 7) is 1.88. The Morgan fingerprint density at radius 1 is 1.04 bits per heavy atom. The molecule has 0 aliphatic carbocycles. The Labute approximate surface area is 162 Å². The summed E-state index contributed by atoms with van der Waals surface area (Å²) in [6, 6.07) is 19.0. The molecular weight excluding hydrogens is 352 g/mol. The quantitative estimate of drug-likeness (QED) is 0.549. The number of anilines is 1. The van der Waals surface area contributed by atoms with Crippen molar-refractivity contribution in [2.75, 3.05) is 12.4 Å². The van der Waals surface area contributed by atoms with Gasteiger partial charge in [-0.15, -0.1) is 0 Å². The summed E-state index contributed by atoms with van der Waals surface area (Å²) in [5.74, 6) is 1.73. The van der Waals surface area contributed by atoms with Crippen molar-refractivity contribution in [3.8, 4) is 11.5 Å². The van der Waals surface area contributed by atoms with E-state index in [1.54, 1.807) is 17.8 Å². The Balaban J connectivity index is 1.62. The zero-order valence-corrected chi connectivity index (χ0v) is 15.7. The van der Waals surface area contributed by atoms with Crippen LogP contribution in [0.4, 0.5) is 5.82 Å². The molecule has 1 N–H and O–H groups in total. The van der Waals surface area contributed by atoms with Crippen molar-refractivity contribution in [2.45, 2.75) is 12.8 Å². The van der Waals surface area contributed by atoms with E-state index in [-0.39, 0.29) is 11.8 Å². The first-order valence-electron chi connectivity index (χ1n) is 9.04. The number of ether oxygens (including phenoxy) is 1. The highest BCUT2D eigenvalue weighted by atomic mass is 16.5. The van der Waals surface area contributed by atoms with E-state index in [0.717, 1.165) is 16.7 Å². The molecule has 2 aromatic heterocycles. The summed E-state index contributed by atoms with van der Waals surface area (Å²) in [6.07, 6.45) is 3.19. The van der Waals surface area contributed by atoms with Gasteiger partial charge >= 0.3 is 0 Å². The molecule has 0 radical (unpaired) electrons. The van der Waals surface area contributed by atoms with E-state index in [0.29, 0.717) is 17.2 Å². The van der Waals surface area contributed by atoms with Crippen LogP contribution in [0.1, 0.15) is 23.2 Å². The minimum absolute atomic E-state index is 0.0624. The van der Waals surface area contributed by atoms with E-state index in [9.17, 15) is 4.79 Å². The van der Waals surface area contributed by atoms with E-state index in [1.165, 1.54) is 6.33 Å². The lowest BCUT2D eigenvalue weighted by Crippen LogP contribution is -2.17. The Bertz CT molecular complexity index is 1120. The van der Waals surface area contributed by atoms with Gasteiger partial charge in [-0.25, -0.2) is 9.97 Å². The lowest BCUT2D eigenvalue weighted by Gasteiger charge is -2.14. The van der Waals surface area contributed by atoms with Crippen LogP contribution in [0.5, 0.6) is 11.5 Å². The van der Waals surface area contributed by atoms with Gasteiger partial charge in [0.15, 0.2) is 5.65 Å². The average Bonchev–Trinajstić information content (AvgIpc) is 3.18. The second-order valence-corrected chi connectivity index (χ2v) is 6.44. The molecule has 2 heterocycles. The van der Waals surface area contributed by atoms with Crippen LogP contribution >= 0.6 is 0 Å². The average molecular weight is 372 g/mol. The lowest BCUT2D eigenvalue weighted by molar-refractivity contribution is 0.0889. The van der Waals surface area contributed by atoms with Crippen molar-refractivity contribution >= 4 is 22.8 Å². The molecule has 6 heteroatoms. The number of carbonyl (C=O) groups excluding carboxylic acids is 1. The van der Waals surface area contributed by atoms with Crippen molar-refractivity contribution < 1.29 is 9.53 Å². The number of carbonyl (C=O) groups is 1. The second kappa shape index (κ2) is 7.52. The highest BCUT2D eigenvalue weighted by molar-refractivity contribution is 5.97. The van der Waals surface area contributed by atoms with Crippen LogP contribution in [0, 0.1) is 0 Å². The summed E-state index contributed by atoms with van der Waals surface area (Å²) in [7, 11) is 1.79. The first kappa shape index (κ1) is 17.7. The lowest BCUT2D eigenvalue weighted by atomic mass is 10.00. The van der Waals surface area contributed by atoms with Gasteiger partial charge in [0.25, 0.3) is 0 Å². The molecule has 1 atom stereocenters. The summed E-state index contributed by atoms with van der Waals surface area (Å²) < 4.78 is 7.47. The molecule has 140 valence electrons. The molecule has 2 aromatic carbocycles. The van der Waals surface area contributed by atoms with Crippen LogP contribution < -0.4 is 10.1 Å². The zero-order valence-electron chi connectivity index (χ0n) is 15.7. The normalized spacial score (nSPS) is 11.9. The van der Waals surface area contributed by atoms with Gasteiger partial charge < -0.3 is 10.1 Å². The van der Waals surface area contributed by atoms with Crippen LogP contribution in [0.15, 0.2) is 73.2 Å². The monoisotopic (exact) mass is 372 g/mol. The number of nitrogens with zero attached hydrogens (tertiary/aromatic N) is 3. The molecule has 6 nitrogen and oxygen atoms in total. The maximum absolute atomic E-state index is 13.1. The predicted molar refractivity (Wildman–Crippen MR) is 109 cm³/mol. The molecule has 0 saturated heterocycles. The van der Waals surface area contributed by atoms with Crippen LogP contribution in [0.2, 0.25) is 0 Å². The smallest absolute Gasteiger partial charge is 0.239 e. The molecule has 0 spiro atoms. The van der Waals surface area contributed by atoms with Gasteiger partial charge in [-0.3, -0.25) is 9.36 Å². The Morgan fingerprint density at radius 3 is 2.61 bits per heavy atom. The topological polar surface area (TPSA) is 69.0 Å². The van der Waals surface area contributed by atoms with Gasteiger partial charge in [0.1, 0.15) is 23.6 Å². The Morgan fingerprint density at radius 2 is 1.82 bits per heavy atom. The van der Waals surface area contributed by atoms with Crippen LogP contribution in [-0.2, 0) is 0 Å². The first-order valence-corrected chi connectivity index (χ1v) is 9.04. The molecule has 0 fully saturated rings. The van der Waals surface area contributed by atoms with Crippen LogP contribution in [0.25, 0.3) is 11.0 Å². The molecule has 0 amide bonds. The summed E-state index contributed by atoms with van der Waals surface area (Å²) >= 11 is 0. The number of aromatic nitrogens is 3. The number of rotatable bonds is 5. The van der Waals surface area contributed by atoms with Crippen molar-refractivity contribution in [2.24, 2.45) is 0 Å². The van der Waals surface area contributed by atoms with Gasteiger partial charge in [-0.2, -0.15) is 0 Å². The highest BCUT2D eigenvalue weighted by Gasteiger charge is 2.20.